The highest BCUT2D eigenvalue weighted by atomic mass is 127. The van der Waals surface area contributed by atoms with Crippen LogP contribution in [0.25, 0.3) is 5.65 Å². The molecule has 0 radical (unpaired) electrons. The van der Waals surface area contributed by atoms with E-state index < -0.39 is 17.4 Å². The summed E-state index contributed by atoms with van der Waals surface area (Å²) in [4.78, 5) is 14.8. The lowest BCUT2D eigenvalue weighted by atomic mass is 10.4. The average molecular weight is 343 g/mol. The van der Waals surface area contributed by atoms with Crippen LogP contribution in [0, 0.1) is 10.5 Å². The number of nitrogens with zero attached hydrogens (tertiary/aromatic N) is 2. The third kappa shape index (κ3) is 1.70. The van der Waals surface area contributed by atoms with Gasteiger partial charge in [0.15, 0.2) is 11.3 Å². The standard InChI is InChI=1S/C8H5F3IN3O/c1-3-6(12)7-13-4(8(9,10)11)2-5(16)15(7)14-3/h2,14H,1H3. The Kier molecular flexibility index (Phi) is 2.48. The Morgan fingerprint density at radius 3 is 2.69 bits per heavy atom. The number of hydrogen-bond acceptors (Lipinski definition) is 2. The highest BCUT2D eigenvalue weighted by Gasteiger charge is 2.34. The molecule has 0 amide bonds. The SMILES string of the molecule is Cc1[nH]n2c(=O)cc(C(F)(F)F)nc2c1I. The van der Waals surface area contributed by atoms with Crippen LogP contribution in [0.2, 0.25) is 0 Å². The van der Waals surface area contributed by atoms with Gasteiger partial charge in [-0.15, -0.1) is 0 Å². The summed E-state index contributed by atoms with van der Waals surface area (Å²) in [5, 5.41) is 2.64. The largest absolute Gasteiger partial charge is 0.433 e. The maximum atomic E-state index is 12.4. The normalized spacial score (nSPS) is 12.3. The van der Waals surface area contributed by atoms with E-state index in [0.29, 0.717) is 15.3 Å². The molecule has 0 fully saturated rings. The van der Waals surface area contributed by atoms with Crippen molar-refractivity contribution in [3.8, 4) is 0 Å². The van der Waals surface area contributed by atoms with Crippen molar-refractivity contribution >= 4 is 28.2 Å². The van der Waals surface area contributed by atoms with E-state index in [4.69, 9.17) is 0 Å². The molecule has 0 bridgehead atoms. The smallest absolute Gasteiger partial charge is 0.293 e. The number of aryl methyl sites for hydroxylation is 1. The van der Waals surface area contributed by atoms with Gasteiger partial charge in [-0.05, 0) is 29.5 Å². The summed E-state index contributed by atoms with van der Waals surface area (Å²) < 4.78 is 38.7. The molecule has 4 nitrogen and oxygen atoms in total. The van der Waals surface area contributed by atoms with Gasteiger partial charge in [-0.3, -0.25) is 9.89 Å². The number of rotatable bonds is 0. The van der Waals surface area contributed by atoms with Crippen molar-refractivity contribution in [1.82, 2.24) is 14.6 Å². The number of halogens is 4. The van der Waals surface area contributed by atoms with Crippen molar-refractivity contribution in [1.29, 1.82) is 0 Å². The molecule has 0 saturated heterocycles. The van der Waals surface area contributed by atoms with Crippen LogP contribution in [0.3, 0.4) is 0 Å². The fourth-order valence-corrected chi connectivity index (χ4v) is 1.75. The predicted molar refractivity (Wildman–Crippen MR) is 58.3 cm³/mol. The zero-order valence-electron chi connectivity index (χ0n) is 7.89. The first-order chi connectivity index (χ1) is 7.30. The van der Waals surface area contributed by atoms with Gasteiger partial charge in [-0.25, -0.2) is 9.50 Å². The zero-order valence-corrected chi connectivity index (χ0v) is 10.0. The fraction of sp³-hybridized carbons (Fsp3) is 0.250. The second kappa shape index (κ2) is 3.47. The van der Waals surface area contributed by atoms with E-state index in [1.54, 1.807) is 6.92 Å². The molecule has 86 valence electrons. The Bertz CT molecular complexity index is 613. The molecule has 0 atom stereocenters. The second-order valence-electron chi connectivity index (χ2n) is 3.19. The van der Waals surface area contributed by atoms with E-state index in [1.165, 1.54) is 0 Å². The molecule has 16 heavy (non-hydrogen) atoms. The van der Waals surface area contributed by atoms with Gasteiger partial charge in [-0.1, -0.05) is 0 Å². The van der Waals surface area contributed by atoms with Crippen molar-refractivity contribution < 1.29 is 13.2 Å². The molecule has 1 N–H and O–H groups in total. The van der Waals surface area contributed by atoms with Gasteiger partial charge in [0.2, 0.25) is 0 Å². The van der Waals surface area contributed by atoms with Crippen molar-refractivity contribution in [2.75, 3.05) is 0 Å². The summed E-state index contributed by atoms with van der Waals surface area (Å²) in [6, 6.07) is 0.471. The molecular formula is C8H5F3IN3O. The summed E-state index contributed by atoms with van der Waals surface area (Å²) in [6.45, 7) is 1.66. The van der Waals surface area contributed by atoms with Crippen LogP contribution in [-0.4, -0.2) is 14.6 Å². The van der Waals surface area contributed by atoms with Crippen LogP contribution in [0.4, 0.5) is 13.2 Å². The third-order valence-corrected chi connectivity index (χ3v) is 3.31. The minimum absolute atomic E-state index is 0.00192. The summed E-state index contributed by atoms with van der Waals surface area (Å²) in [5.74, 6) is 0. The van der Waals surface area contributed by atoms with E-state index >= 15 is 0 Å². The number of fused-ring (bicyclic) bond motifs is 1. The molecule has 0 unspecified atom stereocenters. The van der Waals surface area contributed by atoms with Gasteiger partial charge in [0.05, 0.1) is 3.57 Å². The Labute approximate surface area is 101 Å². The molecule has 0 aliphatic heterocycles. The summed E-state index contributed by atoms with van der Waals surface area (Å²) in [5.41, 5.74) is -1.35. The predicted octanol–water partition coefficient (Wildman–Crippen LogP) is 1.95. The number of hydrogen-bond donors (Lipinski definition) is 1. The Morgan fingerprint density at radius 2 is 2.12 bits per heavy atom. The summed E-state index contributed by atoms with van der Waals surface area (Å²) in [7, 11) is 0. The lowest BCUT2D eigenvalue weighted by Gasteiger charge is -2.04. The lowest BCUT2D eigenvalue weighted by molar-refractivity contribution is -0.141. The zero-order chi connectivity index (χ0) is 12.1. The Morgan fingerprint density at radius 1 is 1.50 bits per heavy atom. The first-order valence-corrected chi connectivity index (χ1v) is 5.23. The highest BCUT2D eigenvalue weighted by molar-refractivity contribution is 14.1. The first kappa shape index (κ1) is 11.4. The number of aromatic amines is 1. The summed E-state index contributed by atoms with van der Waals surface area (Å²) >= 11 is 1.84. The van der Waals surface area contributed by atoms with Gasteiger partial charge < -0.3 is 0 Å². The first-order valence-electron chi connectivity index (χ1n) is 4.16. The number of nitrogens with one attached hydrogen (secondary N) is 1. The van der Waals surface area contributed by atoms with E-state index in [2.05, 4.69) is 10.1 Å². The maximum Gasteiger partial charge on any atom is 0.433 e. The van der Waals surface area contributed by atoms with E-state index in [9.17, 15) is 18.0 Å². The molecule has 2 rings (SSSR count). The molecule has 0 saturated carbocycles. The molecule has 8 heteroatoms. The van der Waals surface area contributed by atoms with Crippen LogP contribution in [-0.2, 0) is 6.18 Å². The van der Waals surface area contributed by atoms with Crippen molar-refractivity contribution in [3.05, 3.63) is 31.4 Å². The number of alkyl halides is 3. The highest BCUT2D eigenvalue weighted by Crippen LogP contribution is 2.27. The van der Waals surface area contributed by atoms with Gasteiger partial charge in [0.25, 0.3) is 5.56 Å². The number of aromatic nitrogens is 3. The minimum Gasteiger partial charge on any atom is -0.293 e. The van der Waals surface area contributed by atoms with E-state index in [0.717, 1.165) is 4.52 Å². The van der Waals surface area contributed by atoms with Crippen LogP contribution in [0.5, 0.6) is 0 Å². The molecule has 0 spiro atoms. The van der Waals surface area contributed by atoms with Gasteiger partial charge in [-0.2, -0.15) is 13.2 Å². The quantitative estimate of drug-likeness (QED) is 0.744. The fourth-order valence-electron chi connectivity index (χ4n) is 1.27. The average Bonchev–Trinajstić information content (AvgIpc) is 2.44. The van der Waals surface area contributed by atoms with Gasteiger partial charge in [0, 0.05) is 11.8 Å². The monoisotopic (exact) mass is 343 g/mol. The van der Waals surface area contributed by atoms with Crippen molar-refractivity contribution in [2.45, 2.75) is 13.1 Å². The van der Waals surface area contributed by atoms with Crippen LogP contribution < -0.4 is 5.56 Å². The second-order valence-corrected chi connectivity index (χ2v) is 4.27. The van der Waals surface area contributed by atoms with Gasteiger partial charge in [0.1, 0.15) is 0 Å². The Balaban J connectivity index is 2.86. The Hall–Kier alpha value is -1.06. The van der Waals surface area contributed by atoms with E-state index in [-0.39, 0.29) is 5.65 Å². The maximum absolute atomic E-state index is 12.4. The molecule has 0 aliphatic carbocycles. The molecule has 2 aromatic heterocycles. The molecule has 2 aromatic rings. The minimum atomic E-state index is -4.61. The lowest BCUT2D eigenvalue weighted by Crippen LogP contribution is -2.20. The van der Waals surface area contributed by atoms with Crippen LogP contribution in [0.1, 0.15) is 11.4 Å². The van der Waals surface area contributed by atoms with Crippen molar-refractivity contribution in [2.24, 2.45) is 0 Å². The topological polar surface area (TPSA) is 50.2 Å². The molecule has 0 aliphatic rings. The molecular weight excluding hydrogens is 338 g/mol. The van der Waals surface area contributed by atoms with Gasteiger partial charge >= 0.3 is 6.18 Å². The third-order valence-electron chi connectivity index (χ3n) is 2.01. The van der Waals surface area contributed by atoms with Crippen LogP contribution >= 0.6 is 22.6 Å². The van der Waals surface area contributed by atoms with Crippen molar-refractivity contribution in [3.63, 3.8) is 0 Å². The van der Waals surface area contributed by atoms with Crippen LogP contribution in [0.15, 0.2) is 10.9 Å². The molecule has 0 aromatic carbocycles. The summed E-state index contributed by atoms with van der Waals surface area (Å²) in [6.07, 6.45) is -4.61. The van der Waals surface area contributed by atoms with E-state index in [1.807, 2.05) is 22.6 Å². The molecule has 2 heterocycles. The number of H-pyrrole nitrogens is 1.